The lowest BCUT2D eigenvalue weighted by Gasteiger charge is -2.45. The van der Waals surface area contributed by atoms with Crippen molar-refractivity contribution in [3.8, 4) is 0 Å². The summed E-state index contributed by atoms with van der Waals surface area (Å²) in [6.07, 6.45) is 5.59. The second kappa shape index (κ2) is 7.56. The Morgan fingerprint density at radius 2 is 1.96 bits per heavy atom. The van der Waals surface area contributed by atoms with E-state index in [-0.39, 0.29) is 36.3 Å². The lowest BCUT2D eigenvalue weighted by molar-refractivity contribution is -0.113. The molecule has 2 aliphatic carbocycles. The Hall–Kier alpha value is -1.24. The van der Waals surface area contributed by atoms with Crippen LogP contribution in [0.2, 0.25) is 0 Å². The number of thioether (sulfide) groups is 1. The minimum absolute atomic E-state index is 0. The summed E-state index contributed by atoms with van der Waals surface area (Å²) in [7, 11) is 0. The minimum Gasteiger partial charge on any atom is -0.349 e. The topological polar surface area (TPSA) is 84.2 Å². The molecule has 5 nitrogen and oxygen atoms in total. The molecule has 2 saturated carbocycles. The SMILES string of the molecule is Cl.NC1CC2CCCC(C1)C2NC(=O)c1ccc2c(c1)NC(=O)CS2. The number of rotatable bonds is 2. The van der Waals surface area contributed by atoms with Crippen molar-refractivity contribution in [2.45, 2.75) is 49.1 Å². The van der Waals surface area contributed by atoms with Gasteiger partial charge in [-0.25, -0.2) is 0 Å². The zero-order valence-electron chi connectivity index (χ0n) is 14.0. The van der Waals surface area contributed by atoms with E-state index in [1.54, 1.807) is 6.07 Å². The molecule has 2 amide bonds. The van der Waals surface area contributed by atoms with Gasteiger partial charge in [-0.1, -0.05) is 6.42 Å². The fourth-order valence-corrected chi connectivity index (χ4v) is 5.27. The molecule has 1 aromatic rings. The molecule has 4 rings (SSSR count). The van der Waals surface area contributed by atoms with Crippen LogP contribution in [-0.2, 0) is 4.79 Å². The molecule has 2 unspecified atom stereocenters. The van der Waals surface area contributed by atoms with Gasteiger partial charge in [-0.05, 0) is 55.7 Å². The first-order chi connectivity index (χ1) is 11.6. The van der Waals surface area contributed by atoms with E-state index >= 15 is 0 Å². The Labute approximate surface area is 158 Å². The van der Waals surface area contributed by atoms with Crippen LogP contribution in [0, 0.1) is 11.8 Å². The van der Waals surface area contributed by atoms with Crippen molar-refractivity contribution in [2.24, 2.45) is 17.6 Å². The standard InChI is InChI=1S/C18H23N3O2S.ClH/c19-13-6-10-2-1-3-11(7-13)17(10)21-18(23)12-4-5-15-14(8-12)20-16(22)9-24-15;/h4-5,8,10-11,13,17H,1-3,6-7,9,19H2,(H,20,22)(H,21,23);1H. The first-order valence-electron chi connectivity index (χ1n) is 8.73. The van der Waals surface area contributed by atoms with Crippen molar-refractivity contribution in [1.82, 2.24) is 5.32 Å². The van der Waals surface area contributed by atoms with Gasteiger partial charge in [-0.15, -0.1) is 24.2 Å². The summed E-state index contributed by atoms with van der Waals surface area (Å²) < 4.78 is 0. The Balaban J connectivity index is 0.00000182. The Kier molecular flexibility index (Phi) is 5.61. The average molecular weight is 382 g/mol. The highest BCUT2D eigenvalue weighted by atomic mass is 35.5. The maximum absolute atomic E-state index is 12.7. The summed E-state index contributed by atoms with van der Waals surface area (Å²) in [5, 5.41) is 6.11. The smallest absolute Gasteiger partial charge is 0.251 e. The maximum atomic E-state index is 12.7. The summed E-state index contributed by atoms with van der Waals surface area (Å²) in [4.78, 5) is 25.3. The third-order valence-corrected chi connectivity index (χ3v) is 6.62. The number of hydrogen-bond acceptors (Lipinski definition) is 4. The van der Waals surface area contributed by atoms with Gasteiger partial charge in [-0.3, -0.25) is 9.59 Å². The van der Waals surface area contributed by atoms with Crippen molar-refractivity contribution in [1.29, 1.82) is 0 Å². The van der Waals surface area contributed by atoms with Crippen LogP contribution in [0.25, 0.3) is 0 Å². The normalized spacial score (nSPS) is 30.5. The first-order valence-corrected chi connectivity index (χ1v) is 9.72. The zero-order valence-corrected chi connectivity index (χ0v) is 15.6. The number of hydrogen-bond donors (Lipinski definition) is 3. The minimum atomic E-state index is -0.0417. The fraction of sp³-hybridized carbons (Fsp3) is 0.556. The largest absolute Gasteiger partial charge is 0.349 e. The average Bonchev–Trinajstić information content (AvgIpc) is 2.55. The van der Waals surface area contributed by atoms with Gasteiger partial charge in [-0.2, -0.15) is 0 Å². The molecule has 25 heavy (non-hydrogen) atoms. The lowest BCUT2D eigenvalue weighted by atomic mass is 9.67. The molecular formula is C18H24ClN3O2S. The van der Waals surface area contributed by atoms with Crippen LogP contribution < -0.4 is 16.4 Å². The van der Waals surface area contributed by atoms with E-state index in [1.165, 1.54) is 18.2 Å². The monoisotopic (exact) mass is 381 g/mol. The summed E-state index contributed by atoms with van der Waals surface area (Å²) in [5.41, 5.74) is 7.52. The molecule has 3 aliphatic rings. The van der Waals surface area contributed by atoms with Crippen molar-refractivity contribution in [2.75, 3.05) is 11.1 Å². The molecule has 1 heterocycles. The van der Waals surface area contributed by atoms with Crippen molar-refractivity contribution in [3.05, 3.63) is 23.8 Å². The van der Waals surface area contributed by atoms with E-state index in [0.29, 0.717) is 23.2 Å². The number of carbonyl (C=O) groups excluding carboxylic acids is 2. The second-order valence-electron chi connectivity index (χ2n) is 7.23. The third-order valence-electron chi connectivity index (χ3n) is 5.55. The van der Waals surface area contributed by atoms with Gasteiger partial charge < -0.3 is 16.4 Å². The first kappa shape index (κ1) is 18.5. The molecular weight excluding hydrogens is 358 g/mol. The van der Waals surface area contributed by atoms with Crippen LogP contribution in [0.1, 0.15) is 42.5 Å². The molecule has 2 atom stereocenters. The molecule has 136 valence electrons. The molecule has 1 aromatic carbocycles. The van der Waals surface area contributed by atoms with Crippen molar-refractivity contribution < 1.29 is 9.59 Å². The fourth-order valence-electron chi connectivity index (χ4n) is 4.48. The predicted octanol–water partition coefficient (Wildman–Crippen LogP) is 2.79. The summed E-state index contributed by atoms with van der Waals surface area (Å²) in [6.45, 7) is 0. The number of nitrogens with two attached hydrogens (primary N) is 1. The molecule has 2 bridgehead atoms. The highest BCUT2D eigenvalue weighted by Gasteiger charge is 2.40. The number of carbonyl (C=O) groups is 2. The van der Waals surface area contributed by atoms with Gasteiger partial charge in [0.2, 0.25) is 5.91 Å². The molecule has 0 saturated heterocycles. The van der Waals surface area contributed by atoms with E-state index in [1.807, 2.05) is 12.1 Å². The van der Waals surface area contributed by atoms with Crippen LogP contribution in [-0.4, -0.2) is 29.7 Å². The Morgan fingerprint density at radius 1 is 1.24 bits per heavy atom. The Bertz CT molecular complexity index is 670. The summed E-state index contributed by atoms with van der Waals surface area (Å²) in [5.74, 6) is 1.39. The lowest BCUT2D eigenvalue weighted by Crippen LogP contribution is -2.53. The van der Waals surface area contributed by atoms with Gasteiger partial charge in [0.1, 0.15) is 0 Å². The highest BCUT2D eigenvalue weighted by Crippen LogP contribution is 2.40. The van der Waals surface area contributed by atoms with Crippen LogP contribution in [0.3, 0.4) is 0 Å². The summed E-state index contributed by atoms with van der Waals surface area (Å²) >= 11 is 1.51. The van der Waals surface area contributed by atoms with E-state index in [9.17, 15) is 9.59 Å². The van der Waals surface area contributed by atoms with Crippen molar-refractivity contribution in [3.63, 3.8) is 0 Å². The quantitative estimate of drug-likeness (QED) is 0.735. The molecule has 0 spiro atoms. The van der Waals surface area contributed by atoms with E-state index in [0.717, 1.165) is 36.3 Å². The number of fused-ring (bicyclic) bond motifs is 3. The van der Waals surface area contributed by atoms with Gasteiger partial charge in [0, 0.05) is 22.5 Å². The molecule has 2 fully saturated rings. The maximum Gasteiger partial charge on any atom is 0.251 e. The van der Waals surface area contributed by atoms with Gasteiger partial charge >= 0.3 is 0 Å². The van der Waals surface area contributed by atoms with E-state index in [2.05, 4.69) is 10.6 Å². The second-order valence-corrected chi connectivity index (χ2v) is 8.25. The van der Waals surface area contributed by atoms with Gasteiger partial charge in [0.05, 0.1) is 11.4 Å². The van der Waals surface area contributed by atoms with Gasteiger partial charge in [0.15, 0.2) is 0 Å². The van der Waals surface area contributed by atoms with Gasteiger partial charge in [0.25, 0.3) is 5.91 Å². The van der Waals surface area contributed by atoms with E-state index in [4.69, 9.17) is 5.73 Å². The predicted molar refractivity (Wildman–Crippen MR) is 102 cm³/mol. The molecule has 4 N–H and O–H groups in total. The number of nitrogens with one attached hydrogen (secondary N) is 2. The molecule has 7 heteroatoms. The van der Waals surface area contributed by atoms with E-state index < -0.39 is 0 Å². The van der Waals surface area contributed by atoms with Crippen LogP contribution >= 0.6 is 24.2 Å². The highest BCUT2D eigenvalue weighted by molar-refractivity contribution is 8.00. The van der Waals surface area contributed by atoms with Crippen LogP contribution in [0.4, 0.5) is 5.69 Å². The van der Waals surface area contributed by atoms with Crippen LogP contribution in [0.15, 0.2) is 23.1 Å². The summed E-state index contributed by atoms with van der Waals surface area (Å²) in [6, 6.07) is 6.09. The molecule has 0 radical (unpaired) electrons. The number of benzene rings is 1. The molecule has 0 aromatic heterocycles. The molecule has 1 aliphatic heterocycles. The number of halogens is 1. The third kappa shape index (κ3) is 3.81. The number of anilines is 1. The number of amides is 2. The van der Waals surface area contributed by atoms with Crippen molar-refractivity contribution >= 4 is 41.7 Å². The van der Waals surface area contributed by atoms with Crippen LogP contribution in [0.5, 0.6) is 0 Å². The zero-order chi connectivity index (χ0) is 16.7. The Morgan fingerprint density at radius 3 is 2.68 bits per heavy atom.